The number of nitrogens with zero attached hydrogens (tertiary/aromatic N) is 1. The molecule has 1 N–H and O–H groups in total. The maximum absolute atomic E-state index is 12.3. The summed E-state index contributed by atoms with van der Waals surface area (Å²) >= 11 is 0. The van der Waals surface area contributed by atoms with Crippen molar-refractivity contribution in [3.05, 3.63) is 0 Å². The molecule has 90 valence electrons. The molecule has 0 atom stereocenters. The molecule has 0 bridgehead atoms. The minimum atomic E-state index is -0.295. The topological polar surface area (TPSA) is 49.4 Å². The largest absolute Gasteiger partial charge is 0.337 e. The zero-order chi connectivity index (χ0) is 11.8. The van der Waals surface area contributed by atoms with Gasteiger partial charge in [-0.25, -0.2) is 4.79 Å². The molecule has 1 aliphatic carbocycles. The minimum Gasteiger partial charge on any atom is -0.337 e. The van der Waals surface area contributed by atoms with Crippen LogP contribution < -0.4 is 5.32 Å². The van der Waals surface area contributed by atoms with Crippen molar-refractivity contribution in [2.45, 2.75) is 39.5 Å². The smallest absolute Gasteiger partial charge is 0.324 e. The monoisotopic (exact) mass is 224 g/mol. The van der Waals surface area contributed by atoms with E-state index in [0.29, 0.717) is 19.0 Å². The van der Waals surface area contributed by atoms with E-state index in [0.717, 1.165) is 25.7 Å². The summed E-state index contributed by atoms with van der Waals surface area (Å²) in [6, 6.07) is -0.225. The van der Waals surface area contributed by atoms with Gasteiger partial charge in [0.2, 0.25) is 5.91 Å². The molecule has 2 fully saturated rings. The van der Waals surface area contributed by atoms with Gasteiger partial charge in [0.05, 0.1) is 5.41 Å². The van der Waals surface area contributed by atoms with Crippen LogP contribution in [-0.2, 0) is 4.79 Å². The third-order valence-corrected chi connectivity index (χ3v) is 4.07. The summed E-state index contributed by atoms with van der Waals surface area (Å²) in [5.74, 6) is 0.761. The third kappa shape index (κ3) is 1.70. The van der Waals surface area contributed by atoms with Crippen molar-refractivity contribution in [2.24, 2.45) is 11.3 Å². The maximum Gasteiger partial charge on any atom is 0.324 e. The van der Waals surface area contributed by atoms with Crippen LogP contribution in [0.25, 0.3) is 0 Å². The van der Waals surface area contributed by atoms with Crippen LogP contribution in [0.1, 0.15) is 39.5 Å². The quantitative estimate of drug-likeness (QED) is 0.737. The highest BCUT2D eigenvalue weighted by Gasteiger charge is 2.47. The molecule has 3 amide bonds. The van der Waals surface area contributed by atoms with Crippen LogP contribution in [0.2, 0.25) is 0 Å². The molecule has 1 aliphatic heterocycles. The molecule has 16 heavy (non-hydrogen) atoms. The van der Waals surface area contributed by atoms with E-state index in [9.17, 15) is 9.59 Å². The number of hydrogen-bond donors (Lipinski definition) is 1. The molecule has 0 aromatic heterocycles. The Bertz CT molecular complexity index is 306. The molecule has 1 heterocycles. The molecule has 2 aliphatic rings. The summed E-state index contributed by atoms with van der Waals surface area (Å²) in [6.45, 7) is 5.09. The number of amides is 3. The van der Waals surface area contributed by atoms with Crippen LogP contribution >= 0.6 is 0 Å². The Labute approximate surface area is 96.4 Å². The van der Waals surface area contributed by atoms with Crippen molar-refractivity contribution in [1.29, 1.82) is 0 Å². The summed E-state index contributed by atoms with van der Waals surface area (Å²) in [6.07, 6.45) is 4.03. The van der Waals surface area contributed by atoms with Crippen molar-refractivity contribution >= 4 is 11.9 Å². The van der Waals surface area contributed by atoms with E-state index in [4.69, 9.17) is 0 Å². The second-order valence-electron chi connectivity index (χ2n) is 5.17. The van der Waals surface area contributed by atoms with E-state index in [2.05, 4.69) is 12.2 Å². The van der Waals surface area contributed by atoms with Gasteiger partial charge >= 0.3 is 6.03 Å². The Morgan fingerprint density at radius 3 is 2.56 bits per heavy atom. The van der Waals surface area contributed by atoms with E-state index in [1.807, 2.05) is 6.92 Å². The third-order valence-electron chi connectivity index (χ3n) is 4.07. The predicted octanol–water partition coefficient (Wildman–Crippen LogP) is 1.75. The fourth-order valence-electron chi connectivity index (χ4n) is 2.79. The van der Waals surface area contributed by atoms with Gasteiger partial charge in [0.25, 0.3) is 0 Å². The number of carbonyl (C=O) groups excluding carboxylic acids is 2. The van der Waals surface area contributed by atoms with Crippen LogP contribution in [0, 0.1) is 11.3 Å². The Morgan fingerprint density at radius 2 is 2.00 bits per heavy atom. The molecule has 1 spiro atoms. The predicted molar refractivity (Wildman–Crippen MR) is 60.9 cm³/mol. The Kier molecular flexibility index (Phi) is 2.91. The first kappa shape index (κ1) is 11.4. The lowest BCUT2D eigenvalue weighted by atomic mass is 9.69. The summed E-state index contributed by atoms with van der Waals surface area (Å²) in [7, 11) is 0. The SMILES string of the molecule is CCN1C(=O)NCC2(CCC(C)CC2)C1=O. The minimum absolute atomic E-state index is 0.0469. The molecule has 0 aromatic carbocycles. The van der Waals surface area contributed by atoms with Gasteiger partial charge < -0.3 is 5.32 Å². The van der Waals surface area contributed by atoms with Crippen LogP contribution in [0.4, 0.5) is 4.79 Å². The fraction of sp³-hybridized carbons (Fsp3) is 0.833. The van der Waals surface area contributed by atoms with Gasteiger partial charge in [0.1, 0.15) is 0 Å². The molecular weight excluding hydrogens is 204 g/mol. The van der Waals surface area contributed by atoms with Gasteiger partial charge in [-0.3, -0.25) is 9.69 Å². The Morgan fingerprint density at radius 1 is 1.38 bits per heavy atom. The van der Waals surface area contributed by atoms with E-state index in [-0.39, 0.29) is 17.4 Å². The number of nitrogens with one attached hydrogen (secondary N) is 1. The van der Waals surface area contributed by atoms with E-state index >= 15 is 0 Å². The molecule has 0 unspecified atom stereocenters. The van der Waals surface area contributed by atoms with Gasteiger partial charge in [-0.05, 0) is 38.5 Å². The number of rotatable bonds is 1. The lowest BCUT2D eigenvalue weighted by Crippen LogP contribution is -2.61. The van der Waals surface area contributed by atoms with Gasteiger partial charge in [0, 0.05) is 13.1 Å². The average molecular weight is 224 g/mol. The van der Waals surface area contributed by atoms with Crippen LogP contribution in [0.3, 0.4) is 0 Å². The molecular formula is C12H20N2O2. The zero-order valence-electron chi connectivity index (χ0n) is 10.1. The fourth-order valence-corrected chi connectivity index (χ4v) is 2.79. The summed E-state index contributed by atoms with van der Waals surface area (Å²) < 4.78 is 0. The van der Waals surface area contributed by atoms with E-state index in [1.54, 1.807) is 0 Å². The number of carbonyl (C=O) groups is 2. The normalized spacial score (nSPS) is 35.4. The van der Waals surface area contributed by atoms with Crippen molar-refractivity contribution in [3.63, 3.8) is 0 Å². The molecule has 2 rings (SSSR count). The van der Waals surface area contributed by atoms with E-state index in [1.165, 1.54) is 4.90 Å². The lowest BCUT2D eigenvalue weighted by Gasteiger charge is -2.44. The highest BCUT2D eigenvalue weighted by Crippen LogP contribution is 2.41. The second kappa shape index (κ2) is 4.07. The molecule has 0 aromatic rings. The van der Waals surface area contributed by atoms with Crippen molar-refractivity contribution in [1.82, 2.24) is 10.2 Å². The van der Waals surface area contributed by atoms with Crippen molar-refractivity contribution in [2.75, 3.05) is 13.1 Å². The number of urea groups is 1. The average Bonchev–Trinajstić information content (AvgIpc) is 2.28. The standard InChI is InChI=1S/C12H20N2O2/c1-3-14-10(15)12(8-13-11(14)16)6-4-9(2)5-7-12/h9H,3-8H2,1-2H3,(H,13,16). The highest BCUT2D eigenvalue weighted by molar-refractivity contribution is 6.00. The van der Waals surface area contributed by atoms with Gasteiger partial charge in [-0.2, -0.15) is 0 Å². The zero-order valence-corrected chi connectivity index (χ0v) is 10.1. The van der Waals surface area contributed by atoms with Crippen LogP contribution in [0.5, 0.6) is 0 Å². The first-order valence-corrected chi connectivity index (χ1v) is 6.19. The molecule has 4 nitrogen and oxygen atoms in total. The second-order valence-corrected chi connectivity index (χ2v) is 5.17. The van der Waals surface area contributed by atoms with Crippen molar-refractivity contribution < 1.29 is 9.59 Å². The maximum atomic E-state index is 12.3. The molecule has 1 saturated heterocycles. The lowest BCUT2D eigenvalue weighted by molar-refractivity contribution is -0.143. The molecule has 0 radical (unpaired) electrons. The highest BCUT2D eigenvalue weighted by atomic mass is 16.2. The van der Waals surface area contributed by atoms with Crippen LogP contribution in [0.15, 0.2) is 0 Å². The van der Waals surface area contributed by atoms with Gasteiger partial charge in [0.15, 0.2) is 0 Å². The van der Waals surface area contributed by atoms with Gasteiger partial charge in [-0.1, -0.05) is 6.92 Å². The molecule has 4 heteroatoms. The first-order chi connectivity index (χ1) is 7.59. The number of hydrogen-bond acceptors (Lipinski definition) is 2. The Hall–Kier alpha value is -1.06. The number of imide groups is 1. The van der Waals surface area contributed by atoms with Crippen LogP contribution in [-0.4, -0.2) is 29.9 Å². The summed E-state index contributed by atoms with van der Waals surface area (Å²) in [5.41, 5.74) is -0.295. The first-order valence-electron chi connectivity index (χ1n) is 6.19. The summed E-state index contributed by atoms with van der Waals surface area (Å²) in [5, 5.41) is 2.85. The molecule has 1 saturated carbocycles. The Balaban J connectivity index is 2.16. The summed E-state index contributed by atoms with van der Waals surface area (Å²) in [4.78, 5) is 25.2. The van der Waals surface area contributed by atoms with Crippen molar-refractivity contribution in [3.8, 4) is 0 Å². The van der Waals surface area contributed by atoms with E-state index < -0.39 is 0 Å². The van der Waals surface area contributed by atoms with Gasteiger partial charge in [-0.15, -0.1) is 0 Å².